The second kappa shape index (κ2) is 5.97. The molecule has 0 saturated carbocycles. The van der Waals surface area contributed by atoms with Crippen LogP contribution in [-0.2, 0) is 0 Å². The quantitative estimate of drug-likeness (QED) is 0.864. The van der Waals surface area contributed by atoms with Crippen molar-refractivity contribution in [1.29, 1.82) is 0 Å². The molecule has 2 N–H and O–H groups in total. The zero-order valence-corrected chi connectivity index (χ0v) is 10.2. The predicted molar refractivity (Wildman–Crippen MR) is 68.6 cm³/mol. The van der Waals surface area contributed by atoms with Gasteiger partial charge in [-0.3, -0.25) is 0 Å². The van der Waals surface area contributed by atoms with Gasteiger partial charge >= 0.3 is 0 Å². The van der Waals surface area contributed by atoms with E-state index < -0.39 is 0 Å². The Kier molecular flexibility index (Phi) is 4.09. The predicted octanol–water partition coefficient (Wildman–Crippen LogP) is 1.49. The Bertz CT molecular complexity index is 483. The van der Waals surface area contributed by atoms with Crippen LogP contribution in [0.2, 0.25) is 0 Å². The van der Waals surface area contributed by atoms with Crippen molar-refractivity contribution >= 4 is 0 Å². The van der Waals surface area contributed by atoms with E-state index >= 15 is 0 Å². The van der Waals surface area contributed by atoms with Gasteiger partial charge in [-0.2, -0.15) is 0 Å². The largest absolute Gasteiger partial charge is 0.497 e. The number of hydrogen-bond donors (Lipinski definition) is 1. The lowest BCUT2D eigenvalue weighted by Crippen LogP contribution is -2.11. The highest BCUT2D eigenvalue weighted by molar-refractivity contribution is 5.59. The minimum Gasteiger partial charge on any atom is -0.497 e. The normalized spacial score (nSPS) is 10.1. The van der Waals surface area contributed by atoms with Crippen LogP contribution in [0, 0.1) is 0 Å². The Morgan fingerprint density at radius 3 is 2.39 bits per heavy atom. The number of ether oxygens (including phenoxy) is 2. The van der Waals surface area contributed by atoms with Crippen molar-refractivity contribution in [2.24, 2.45) is 5.73 Å². The Hall–Kier alpha value is -2.14. The third-order valence-electron chi connectivity index (χ3n) is 2.39. The van der Waals surface area contributed by atoms with Crippen molar-refractivity contribution in [3.8, 4) is 22.9 Å². The van der Waals surface area contributed by atoms with E-state index in [4.69, 9.17) is 15.2 Å². The second-order valence-electron chi connectivity index (χ2n) is 3.62. The van der Waals surface area contributed by atoms with Gasteiger partial charge < -0.3 is 15.2 Å². The van der Waals surface area contributed by atoms with E-state index in [0.717, 1.165) is 17.0 Å². The first-order valence-corrected chi connectivity index (χ1v) is 5.64. The van der Waals surface area contributed by atoms with Gasteiger partial charge in [-0.1, -0.05) is 0 Å². The summed E-state index contributed by atoms with van der Waals surface area (Å²) in [5, 5.41) is 8.08. The van der Waals surface area contributed by atoms with E-state index in [2.05, 4.69) is 10.2 Å². The van der Waals surface area contributed by atoms with Crippen molar-refractivity contribution in [3.63, 3.8) is 0 Å². The van der Waals surface area contributed by atoms with Gasteiger partial charge in [0.15, 0.2) is 0 Å². The minimum atomic E-state index is 0.441. The zero-order chi connectivity index (χ0) is 12.8. The molecule has 0 amide bonds. The van der Waals surface area contributed by atoms with E-state index in [1.54, 1.807) is 13.2 Å². The summed E-state index contributed by atoms with van der Waals surface area (Å²) in [5.74, 6) is 1.30. The fraction of sp³-hybridized carbons (Fsp3) is 0.231. The van der Waals surface area contributed by atoms with Gasteiger partial charge in [-0.25, -0.2) is 0 Å². The molecule has 1 aromatic heterocycles. The summed E-state index contributed by atoms with van der Waals surface area (Å²) in [6.07, 6.45) is 0. The van der Waals surface area contributed by atoms with Crippen molar-refractivity contribution in [3.05, 3.63) is 36.4 Å². The highest BCUT2D eigenvalue weighted by Crippen LogP contribution is 2.20. The van der Waals surface area contributed by atoms with Crippen LogP contribution < -0.4 is 15.2 Å². The van der Waals surface area contributed by atoms with Crippen LogP contribution >= 0.6 is 0 Å². The Balaban J connectivity index is 2.12. The Labute approximate surface area is 106 Å². The minimum absolute atomic E-state index is 0.441. The van der Waals surface area contributed by atoms with Crippen LogP contribution in [0.4, 0.5) is 0 Å². The summed E-state index contributed by atoms with van der Waals surface area (Å²) in [6.45, 7) is 0.901. The Morgan fingerprint density at radius 1 is 1.06 bits per heavy atom. The molecule has 0 unspecified atom stereocenters. The van der Waals surface area contributed by atoms with Crippen LogP contribution in [0.1, 0.15) is 0 Å². The molecule has 1 aromatic carbocycles. The summed E-state index contributed by atoms with van der Waals surface area (Å²) in [7, 11) is 1.64. The Morgan fingerprint density at radius 2 is 1.83 bits per heavy atom. The first-order chi connectivity index (χ1) is 8.83. The first-order valence-electron chi connectivity index (χ1n) is 5.64. The molecule has 94 valence electrons. The highest BCUT2D eigenvalue weighted by Gasteiger charge is 2.02. The average molecular weight is 245 g/mol. The third kappa shape index (κ3) is 2.95. The number of aromatic nitrogens is 2. The second-order valence-corrected chi connectivity index (χ2v) is 3.62. The SMILES string of the molecule is COc1ccc(-c2ccc(OCCN)nn2)cc1. The van der Waals surface area contributed by atoms with E-state index in [9.17, 15) is 0 Å². The fourth-order valence-corrected chi connectivity index (χ4v) is 1.48. The lowest BCUT2D eigenvalue weighted by molar-refractivity contribution is 0.312. The number of benzene rings is 1. The number of nitrogens with zero attached hydrogens (tertiary/aromatic N) is 2. The average Bonchev–Trinajstić information content (AvgIpc) is 2.46. The van der Waals surface area contributed by atoms with E-state index in [-0.39, 0.29) is 0 Å². The molecule has 2 rings (SSSR count). The van der Waals surface area contributed by atoms with Crippen molar-refractivity contribution < 1.29 is 9.47 Å². The lowest BCUT2D eigenvalue weighted by Gasteiger charge is -2.04. The monoisotopic (exact) mass is 245 g/mol. The zero-order valence-electron chi connectivity index (χ0n) is 10.2. The molecule has 0 aliphatic heterocycles. The van der Waals surface area contributed by atoms with E-state index in [0.29, 0.717) is 19.0 Å². The van der Waals surface area contributed by atoms with Crippen LogP contribution in [0.5, 0.6) is 11.6 Å². The third-order valence-corrected chi connectivity index (χ3v) is 2.39. The molecular weight excluding hydrogens is 230 g/mol. The lowest BCUT2D eigenvalue weighted by atomic mass is 10.1. The van der Waals surface area contributed by atoms with Crippen LogP contribution in [0.25, 0.3) is 11.3 Å². The topological polar surface area (TPSA) is 70.3 Å². The summed E-state index contributed by atoms with van der Waals surface area (Å²) < 4.78 is 10.4. The van der Waals surface area contributed by atoms with Gasteiger partial charge in [0.25, 0.3) is 0 Å². The molecule has 0 radical (unpaired) electrons. The maximum absolute atomic E-state index is 5.34. The van der Waals surface area contributed by atoms with Crippen molar-refractivity contribution in [2.75, 3.05) is 20.3 Å². The molecule has 0 saturated heterocycles. The van der Waals surface area contributed by atoms with Gasteiger partial charge in [-0.15, -0.1) is 10.2 Å². The molecule has 0 fully saturated rings. The fourth-order valence-electron chi connectivity index (χ4n) is 1.48. The summed E-state index contributed by atoms with van der Waals surface area (Å²) in [5.41, 5.74) is 7.11. The van der Waals surface area contributed by atoms with E-state index in [1.165, 1.54) is 0 Å². The number of hydrogen-bond acceptors (Lipinski definition) is 5. The van der Waals surface area contributed by atoms with Crippen molar-refractivity contribution in [2.45, 2.75) is 0 Å². The highest BCUT2D eigenvalue weighted by atomic mass is 16.5. The molecule has 0 bridgehead atoms. The van der Waals surface area contributed by atoms with Crippen molar-refractivity contribution in [1.82, 2.24) is 10.2 Å². The molecule has 0 atom stereocenters. The molecule has 18 heavy (non-hydrogen) atoms. The summed E-state index contributed by atoms with van der Waals surface area (Å²) in [4.78, 5) is 0. The van der Waals surface area contributed by atoms with Gasteiger partial charge in [0.2, 0.25) is 5.88 Å². The molecule has 0 aliphatic carbocycles. The molecule has 0 spiro atoms. The molecule has 0 aliphatic rings. The van der Waals surface area contributed by atoms with Crippen LogP contribution in [0.3, 0.4) is 0 Å². The molecule has 1 heterocycles. The first kappa shape index (κ1) is 12.3. The standard InChI is InChI=1S/C13H15N3O2/c1-17-11-4-2-10(3-5-11)12-6-7-13(16-15-12)18-9-8-14/h2-7H,8-9,14H2,1H3. The number of rotatable bonds is 5. The molecular formula is C13H15N3O2. The van der Waals surface area contributed by atoms with E-state index in [1.807, 2.05) is 30.3 Å². The smallest absolute Gasteiger partial charge is 0.233 e. The number of methoxy groups -OCH3 is 1. The van der Waals surface area contributed by atoms with Crippen LogP contribution in [0.15, 0.2) is 36.4 Å². The maximum atomic E-state index is 5.34. The van der Waals surface area contributed by atoms with Gasteiger partial charge in [-0.05, 0) is 30.3 Å². The summed E-state index contributed by atoms with van der Waals surface area (Å²) in [6, 6.07) is 11.3. The summed E-state index contributed by atoms with van der Waals surface area (Å²) >= 11 is 0. The maximum Gasteiger partial charge on any atom is 0.233 e. The van der Waals surface area contributed by atoms with Gasteiger partial charge in [0.05, 0.1) is 12.8 Å². The van der Waals surface area contributed by atoms with Gasteiger partial charge in [0.1, 0.15) is 12.4 Å². The van der Waals surface area contributed by atoms with Crippen LogP contribution in [-0.4, -0.2) is 30.5 Å². The van der Waals surface area contributed by atoms with Gasteiger partial charge in [0, 0.05) is 18.2 Å². The molecule has 2 aromatic rings. The number of nitrogens with two attached hydrogens (primary N) is 1. The molecule has 5 nitrogen and oxygen atoms in total. The molecule has 5 heteroatoms.